The number of fused-ring (bicyclic) bond motifs is 2. The third-order valence-corrected chi connectivity index (χ3v) is 7.34. The molecule has 0 saturated carbocycles. The summed E-state index contributed by atoms with van der Waals surface area (Å²) in [5, 5.41) is 12.3. The fraction of sp³-hybridized carbons (Fsp3) is 0.269. The largest absolute Gasteiger partial charge is 0.482 e. The van der Waals surface area contributed by atoms with Crippen LogP contribution in [0.5, 0.6) is 5.75 Å². The summed E-state index contributed by atoms with van der Waals surface area (Å²) in [7, 11) is -1.18. The lowest BCUT2D eigenvalue weighted by atomic mass is 10.1. The Bertz CT molecular complexity index is 1190. The number of rotatable bonds is 9. The van der Waals surface area contributed by atoms with Crippen molar-refractivity contribution in [3.8, 4) is 5.75 Å². The zero-order valence-electron chi connectivity index (χ0n) is 18.8. The van der Waals surface area contributed by atoms with E-state index in [1.807, 2.05) is 54.6 Å². The van der Waals surface area contributed by atoms with Crippen LogP contribution in [0.1, 0.15) is 23.1 Å². The Morgan fingerprint density at radius 3 is 2.61 bits per heavy atom. The highest BCUT2D eigenvalue weighted by Crippen LogP contribution is 2.44. The van der Waals surface area contributed by atoms with E-state index in [1.165, 1.54) is 5.56 Å². The SMILES string of the molecule is Cc1ccc2c(c1C)N(CCCNCc1ccccc1OCC(=O)O)c1ccccc1S2=O. The Labute approximate surface area is 196 Å². The van der Waals surface area contributed by atoms with Gasteiger partial charge >= 0.3 is 5.97 Å². The second kappa shape index (κ2) is 10.2. The Kier molecular flexibility index (Phi) is 7.11. The molecule has 4 rings (SSSR count). The van der Waals surface area contributed by atoms with Crippen molar-refractivity contribution in [2.24, 2.45) is 0 Å². The molecule has 7 heteroatoms. The Morgan fingerprint density at radius 1 is 1.03 bits per heavy atom. The van der Waals surface area contributed by atoms with Crippen LogP contribution >= 0.6 is 0 Å². The van der Waals surface area contributed by atoms with E-state index >= 15 is 0 Å². The van der Waals surface area contributed by atoms with Crippen LogP contribution in [0.2, 0.25) is 0 Å². The maximum absolute atomic E-state index is 13.2. The van der Waals surface area contributed by atoms with Gasteiger partial charge in [0.25, 0.3) is 0 Å². The molecule has 1 unspecified atom stereocenters. The second-order valence-electron chi connectivity index (χ2n) is 8.06. The van der Waals surface area contributed by atoms with Crippen molar-refractivity contribution in [2.75, 3.05) is 24.6 Å². The molecule has 0 saturated heterocycles. The third kappa shape index (κ3) is 4.94. The molecule has 1 heterocycles. The van der Waals surface area contributed by atoms with Crippen molar-refractivity contribution < 1.29 is 18.8 Å². The van der Waals surface area contributed by atoms with Crippen LogP contribution in [-0.4, -0.2) is 35.0 Å². The third-order valence-electron chi connectivity index (χ3n) is 5.86. The van der Waals surface area contributed by atoms with E-state index in [1.54, 1.807) is 6.07 Å². The smallest absolute Gasteiger partial charge is 0.341 e. The average molecular weight is 465 g/mol. The molecule has 6 nitrogen and oxygen atoms in total. The molecule has 0 aliphatic carbocycles. The first kappa shape index (κ1) is 23.0. The van der Waals surface area contributed by atoms with Gasteiger partial charge in [-0.1, -0.05) is 36.4 Å². The first-order valence-electron chi connectivity index (χ1n) is 11.0. The average Bonchev–Trinajstić information content (AvgIpc) is 2.82. The van der Waals surface area contributed by atoms with E-state index in [4.69, 9.17) is 9.84 Å². The molecule has 33 heavy (non-hydrogen) atoms. The molecule has 2 N–H and O–H groups in total. The van der Waals surface area contributed by atoms with Crippen LogP contribution in [0.15, 0.2) is 70.5 Å². The van der Waals surface area contributed by atoms with Crippen molar-refractivity contribution in [3.63, 3.8) is 0 Å². The molecule has 0 radical (unpaired) electrons. The summed E-state index contributed by atoms with van der Waals surface area (Å²) in [6, 6.07) is 19.4. The summed E-state index contributed by atoms with van der Waals surface area (Å²) in [4.78, 5) is 14.8. The number of para-hydroxylation sites is 2. The van der Waals surface area contributed by atoms with E-state index in [0.717, 1.165) is 51.8 Å². The fourth-order valence-corrected chi connectivity index (χ4v) is 5.52. The molecular formula is C26H28N2O4S. The highest BCUT2D eigenvalue weighted by molar-refractivity contribution is 7.85. The number of hydrogen-bond donors (Lipinski definition) is 2. The number of carboxylic acids is 1. The van der Waals surface area contributed by atoms with Crippen molar-refractivity contribution in [2.45, 2.75) is 36.6 Å². The van der Waals surface area contributed by atoms with Gasteiger partial charge in [0.1, 0.15) is 5.75 Å². The first-order chi connectivity index (χ1) is 16.0. The van der Waals surface area contributed by atoms with Crippen molar-refractivity contribution >= 4 is 28.1 Å². The van der Waals surface area contributed by atoms with Gasteiger partial charge in [0.05, 0.1) is 32.0 Å². The molecule has 0 fully saturated rings. The molecule has 1 aliphatic rings. The number of nitrogens with zero attached hydrogens (tertiary/aromatic N) is 1. The molecule has 3 aromatic rings. The van der Waals surface area contributed by atoms with Crippen molar-refractivity contribution in [1.29, 1.82) is 0 Å². The Hall–Kier alpha value is -3.16. The van der Waals surface area contributed by atoms with Gasteiger partial charge in [-0.05, 0) is 62.2 Å². The Balaban J connectivity index is 1.44. The maximum Gasteiger partial charge on any atom is 0.341 e. The van der Waals surface area contributed by atoms with E-state index in [9.17, 15) is 9.00 Å². The van der Waals surface area contributed by atoms with Crippen LogP contribution in [0.25, 0.3) is 0 Å². The standard InChI is InChI=1S/C26H28N2O4S/c1-18-12-13-24-26(19(18)2)28(21-9-4-6-11-23(21)33(24)31)15-7-14-27-16-20-8-3-5-10-22(20)32-17-25(29)30/h3-6,8-13,27H,7,14-17H2,1-2H3,(H,29,30). The lowest BCUT2D eigenvalue weighted by molar-refractivity contribution is -0.139. The van der Waals surface area contributed by atoms with Crippen molar-refractivity contribution in [3.05, 3.63) is 77.4 Å². The van der Waals surface area contributed by atoms with Gasteiger partial charge in [0.15, 0.2) is 6.61 Å². The fourth-order valence-electron chi connectivity index (χ4n) is 4.08. The second-order valence-corrected chi connectivity index (χ2v) is 9.48. The van der Waals surface area contributed by atoms with Crippen LogP contribution in [-0.2, 0) is 22.1 Å². The van der Waals surface area contributed by atoms with Crippen molar-refractivity contribution in [1.82, 2.24) is 5.32 Å². The molecule has 0 amide bonds. The van der Waals surface area contributed by atoms with Gasteiger partial charge in [-0.25, -0.2) is 9.00 Å². The number of nitrogens with one attached hydrogen (secondary N) is 1. The number of hydrogen-bond acceptors (Lipinski definition) is 5. The zero-order chi connectivity index (χ0) is 23.4. The molecule has 0 spiro atoms. The first-order valence-corrected chi connectivity index (χ1v) is 12.1. The van der Waals surface area contributed by atoms with Gasteiger partial charge in [-0.15, -0.1) is 0 Å². The summed E-state index contributed by atoms with van der Waals surface area (Å²) >= 11 is 0. The number of aliphatic carboxylic acids is 1. The van der Waals surface area contributed by atoms with Crippen LogP contribution in [0.3, 0.4) is 0 Å². The van der Waals surface area contributed by atoms with E-state index in [2.05, 4.69) is 24.1 Å². The highest BCUT2D eigenvalue weighted by Gasteiger charge is 2.29. The molecular weight excluding hydrogens is 436 g/mol. The molecule has 0 aromatic heterocycles. The minimum absolute atomic E-state index is 0.356. The number of anilines is 2. The summed E-state index contributed by atoms with van der Waals surface area (Å²) in [5.74, 6) is -0.411. The minimum Gasteiger partial charge on any atom is -0.482 e. The minimum atomic E-state index is -1.18. The lowest BCUT2D eigenvalue weighted by Crippen LogP contribution is -2.28. The predicted octanol–water partition coefficient (Wildman–Crippen LogP) is 4.56. The summed E-state index contributed by atoms with van der Waals surface area (Å²) in [5.41, 5.74) is 5.33. The normalized spacial score (nSPS) is 14.5. The zero-order valence-corrected chi connectivity index (χ0v) is 19.7. The molecule has 1 aliphatic heterocycles. The Morgan fingerprint density at radius 2 is 1.79 bits per heavy atom. The van der Waals surface area contributed by atoms with E-state index < -0.39 is 16.8 Å². The van der Waals surface area contributed by atoms with E-state index in [-0.39, 0.29) is 6.61 Å². The summed E-state index contributed by atoms with van der Waals surface area (Å²) < 4.78 is 18.6. The summed E-state index contributed by atoms with van der Waals surface area (Å²) in [6.45, 7) is 5.97. The van der Waals surface area contributed by atoms with Crippen LogP contribution in [0, 0.1) is 13.8 Å². The topological polar surface area (TPSA) is 78.9 Å². The molecule has 172 valence electrons. The van der Waals surface area contributed by atoms with Crippen LogP contribution < -0.4 is 15.0 Å². The number of carboxylic acid groups (broad SMARTS) is 1. The van der Waals surface area contributed by atoms with Gasteiger partial charge in [-0.3, -0.25) is 0 Å². The molecule has 1 atom stereocenters. The van der Waals surface area contributed by atoms with Gasteiger partial charge < -0.3 is 20.1 Å². The number of ether oxygens (including phenoxy) is 1. The van der Waals surface area contributed by atoms with Gasteiger partial charge in [0, 0.05) is 18.7 Å². The van der Waals surface area contributed by atoms with Crippen LogP contribution in [0.4, 0.5) is 11.4 Å². The molecule has 0 bridgehead atoms. The maximum atomic E-state index is 13.2. The quantitative estimate of drug-likeness (QED) is 0.452. The predicted molar refractivity (Wildman–Crippen MR) is 130 cm³/mol. The number of carbonyl (C=O) groups is 1. The van der Waals surface area contributed by atoms with Gasteiger partial charge in [0.2, 0.25) is 0 Å². The van der Waals surface area contributed by atoms with Gasteiger partial charge in [-0.2, -0.15) is 0 Å². The number of benzene rings is 3. The monoisotopic (exact) mass is 464 g/mol. The number of aryl methyl sites for hydroxylation is 1. The summed E-state index contributed by atoms with van der Waals surface area (Å²) in [6.07, 6.45) is 0.881. The lowest BCUT2D eigenvalue weighted by Gasteiger charge is -2.34. The highest BCUT2D eigenvalue weighted by atomic mass is 32.2. The van der Waals surface area contributed by atoms with E-state index in [0.29, 0.717) is 12.3 Å². The molecule has 3 aromatic carbocycles.